The first-order chi connectivity index (χ1) is 20.2. The number of rotatable bonds is 4. The minimum absolute atomic E-state index is 0.908. The van der Waals surface area contributed by atoms with Crippen LogP contribution < -0.4 is 15.9 Å². The third-order valence-corrected chi connectivity index (χ3v) is 12.8. The lowest BCUT2D eigenvalue weighted by molar-refractivity contribution is 1.30. The average molecular weight is 562 g/mol. The average Bonchev–Trinajstić information content (AvgIpc) is 3.45. The molecule has 5 aromatic carbocycles. The summed E-state index contributed by atoms with van der Waals surface area (Å²) in [6, 6.07) is 46.7. The summed E-state index contributed by atoms with van der Waals surface area (Å²) in [6.45, 7) is 0. The van der Waals surface area contributed by atoms with Crippen LogP contribution in [0, 0.1) is 0 Å². The molecule has 8 aromatic rings. The molecule has 0 aliphatic carbocycles. The van der Waals surface area contributed by atoms with Crippen LogP contribution in [0.1, 0.15) is 0 Å². The van der Waals surface area contributed by atoms with Crippen molar-refractivity contribution in [3.8, 4) is 11.1 Å². The molecule has 0 amide bonds. The molecule has 5 heteroatoms. The van der Waals surface area contributed by atoms with Crippen LogP contribution in [-0.4, -0.2) is 14.4 Å². The maximum atomic E-state index is 6.69. The van der Waals surface area contributed by atoms with Gasteiger partial charge in [0.25, 0.3) is 0 Å². The van der Waals surface area contributed by atoms with E-state index in [1.807, 2.05) is 12.3 Å². The molecule has 3 heterocycles. The summed E-state index contributed by atoms with van der Waals surface area (Å²) in [5.74, 6) is 0. The topological polar surface area (TPSA) is 30.2 Å². The number of hydrogen-bond donors (Lipinski definition) is 0. The maximum absolute atomic E-state index is 6.69. The largest absolute Gasteiger partial charge is 0.292 e. The van der Waals surface area contributed by atoms with Crippen LogP contribution in [0.3, 0.4) is 0 Å². The van der Waals surface area contributed by atoms with Crippen molar-refractivity contribution in [3.05, 3.63) is 146 Å². The third kappa shape index (κ3) is 3.76. The predicted molar refractivity (Wildman–Crippen MR) is 177 cm³/mol. The molecule has 0 bridgehead atoms. The van der Waals surface area contributed by atoms with Gasteiger partial charge in [-0.1, -0.05) is 121 Å². The Labute approximate surface area is 242 Å². The number of pyridine rings is 2. The number of imidazole rings is 1. The van der Waals surface area contributed by atoms with Gasteiger partial charge in [0.2, 0.25) is 0 Å². The second-order valence-corrected chi connectivity index (χ2v) is 14.6. The Balaban J connectivity index is 1.49. The zero-order valence-electron chi connectivity index (χ0n) is 22.1. The lowest BCUT2D eigenvalue weighted by atomic mass is 10.0. The second kappa shape index (κ2) is 9.49. The molecule has 0 radical (unpaired) electrons. The molecule has 0 atom stereocenters. The van der Waals surface area contributed by atoms with Gasteiger partial charge in [-0.25, -0.2) is 4.98 Å². The van der Waals surface area contributed by atoms with Crippen molar-refractivity contribution in [1.29, 1.82) is 0 Å². The molecule has 0 saturated heterocycles. The summed E-state index contributed by atoms with van der Waals surface area (Å²) in [5, 5.41) is 5.65. The molecule has 0 aliphatic rings. The summed E-state index contributed by atoms with van der Waals surface area (Å²) in [7, 11) is 0. The smallest absolute Gasteiger partial charge is 0.147 e. The predicted octanol–water partition coefficient (Wildman–Crippen LogP) is 7.61. The van der Waals surface area contributed by atoms with Gasteiger partial charge in [0.15, 0.2) is 0 Å². The Morgan fingerprint density at radius 3 is 1.93 bits per heavy atom. The van der Waals surface area contributed by atoms with Crippen LogP contribution in [0.15, 0.2) is 146 Å². The van der Waals surface area contributed by atoms with Crippen molar-refractivity contribution >= 4 is 72.2 Å². The summed E-state index contributed by atoms with van der Waals surface area (Å²) in [5.41, 5.74) is 7.29. The van der Waals surface area contributed by atoms with Gasteiger partial charge in [-0.15, -0.1) is 0 Å². The van der Waals surface area contributed by atoms with Gasteiger partial charge in [0.05, 0.1) is 22.1 Å². The number of hydrogen-bond acceptors (Lipinski definition) is 3. The van der Waals surface area contributed by atoms with Gasteiger partial charge in [-0.2, -0.15) is 0 Å². The Morgan fingerprint density at radius 2 is 1.22 bits per heavy atom. The molecule has 0 N–H and O–H groups in total. The van der Waals surface area contributed by atoms with Crippen molar-refractivity contribution in [1.82, 2.24) is 14.4 Å². The van der Waals surface area contributed by atoms with Crippen molar-refractivity contribution in [2.75, 3.05) is 0 Å². The molecule has 0 saturated carbocycles. The molecule has 0 spiro atoms. The highest BCUT2D eigenvalue weighted by Gasteiger charge is 2.26. The highest BCUT2D eigenvalue weighted by atomic mass is 32.4. The first-order valence-electron chi connectivity index (χ1n) is 13.6. The Morgan fingerprint density at radius 1 is 0.537 bits per heavy atom. The zero-order valence-corrected chi connectivity index (χ0v) is 23.8. The van der Waals surface area contributed by atoms with Crippen LogP contribution in [-0.2, 0) is 11.8 Å². The molecule has 0 aliphatic heterocycles. The summed E-state index contributed by atoms with van der Waals surface area (Å²) < 4.78 is 2.31. The van der Waals surface area contributed by atoms with E-state index >= 15 is 0 Å². The number of nitrogens with zero attached hydrogens (tertiary/aromatic N) is 3. The van der Waals surface area contributed by atoms with Crippen LogP contribution in [0.4, 0.5) is 0 Å². The molecular weight excluding hydrogens is 537 g/mol. The lowest BCUT2D eigenvalue weighted by Crippen LogP contribution is -2.24. The van der Waals surface area contributed by atoms with Crippen molar-refractivity contribution in [2.45, 2.75) is 0 Å². The van der Waals surface area contributed by atoms with Crippen LogP contribution in [0.5, 0.6) is 0 Å². The van der Waals surface area contributed by atoms with Crippen molar-refractivity contribution in [3.63, 3.8) is 0 Å². The Kier molecular flexibility index (Phi) is 5.60. The first-order valence-corrected chi connectivity index (χ1v) is 16.4. The van der Waals surface area contributed by atoms with E-state index in [0.717, 1.165) is 49.4 Å². The van der Waals surface area contributed by atoms with E-state index < -0.39 is 6.04 Å². The molecule has 41 heavy (non-hydrogen) atoms. The minimum atomic E-state index is -2.32. The maximum Gasteiger partial charge on any atom is 0.147 e. The van der Waals surface area contributed by atoms with Crippen molar-refractivity contribution < 1.29 is 0 Å². The highest BCUT2D eigenvalue weighted by Crippen LogP contribution is 2.43. The van der Waals surface area contributed by atoms with E-state index in [2.05, 4.69) is 138 Å². The third-order valence-electron chi connectivity index (χ3n) is 7.89. The normalized spacial score (nSPS) is 12.0. The molecule has 8 rings (SSSR count). The van der Waals surface area contributed by atoms with Crippen LogP contribution in [0.25, 0.3) is 49.6 Å². The number of benzene rings is 5. The monoisotopic (exact) mass is 561 g/mol. The summed E-state index contributed by atoms with van der Waals surface area (Å²) in [6.07, 6.45) is 1.86. The van der Waals surface area contributed by atoms with Gasteiger partial charge >= 0.3 is 0 Å². The molecule has 3 nitrogen and oxygen atoms in total. The summed E-state index contributed by atoms with van der Waals surface area (Å²) >= 11 is 6.69. The summed E-state index contributed by atoms with van der Waals surface area (Å²) in [4.78, 5) is 9.97. The Bertz CT molecular complexity index is 2230. The van der Waals surface area contributed by atoms with Gasteiger partial charge in [0, 0.05) is 23.0 Å². The van der Waals surface area contributed by atoms with E-state index in [1.54, 1.807) is 0 Å². The van der Waals surface area contributed by atoms with Crippen LogP contribution in [0.2, 0.25) is 0 Å². The van der Waals surface area contributed by atoms with Gasteiger partial charge in [-0.3, -0.25) is 9.38 Å². The van der Waals surface area contributed by atoms with Gasteiger partial charge < -0.3 is 0 Å². The SMILES string of the molecule is S=P(c1ccccc1)(c1ccccc1)c1ccc2nc3c4cccnc4c4ccc(-c5ccccc5)cc4n3c2c1. The highest BCUT2D eigenvalue weighted by molar-refractivity contribution is 8.25. The van der Waals surface area contributed by atoms with Gasteiger partial charge in [0.1, 0.15) is 5.65 Å². The second-order valence-electron chi connectivity index (χ2n) is 10.2. The first kappa shape index (κ1) is 24.2. The van der Waals surface area contributed by atoms with E-state index in [-0.39, 0.29) is 0 Å². The fourth-order valence-electron chi connectivity index (χ4n) is 5.93. The zero-order chi connectivity index (χ0) is 27.4. The molecule has 194 valence electrons. The lowest BCUT2D eigenvalue weighted by Gasteiger charge is -2.24. The number of fused-ring (bicyclic) bond motifs is 8. The molecular formula is C36H24N3PS. The number of aromatic nitrogens is 3. The Hall–Kier alpha value is -4.63. The quantitative estimate of drug-likeness (QED) is 0.164. The standard InChI is InChI=1S/C36H24N3PS/c41-40(27-13-6-2-7-14-27,28-15-8-3-9-16-28)29-19-21-32-34(24-29)39-33-23-26(25-11-4-1-5-12-25)18-20-30(33)35-31(36(39)38-32)17-10-22-37-35/h1-24H. The van der Waals surface area contributed by atoms with Gasteiger partial charge in [-0.05, 0) is 57.4 Å². The van der Waals surface area contributed by atoms with E-state index in [0.29, 0.717) is 0 Å². The van der Waals surface area contributed by atoms with Crippen molar-refractivity contribution in [2.24, 2.45) is 0 Å². The molecule has 0 fully saturated rings. The minimum Gasteiger partial charge on any atom is -0.292 e. The fourth-order valence-corrected chi connectivity index (χ4v) is 9.67. The molecule has 0 unspecified atom stereocenters. The fraction of sp³-hybridized carbons (Fsp3) is 0. The van der Waals surface area contributed by atoms with E-state index in [1.165, 1.54) is 16.2 Å². The van der Waals surface area contributed by atoms with Crippen LogP contribution >= 0.6 is 6.04 Å². The van der Waals surface area contributed by atoms with E-state index in [9.17, 15) is 0 Å². The molecule has 3 aromatic heterocycles. The van der Waals surface area contributed by atoms with E-state index in [4.69, 9.17) is 21.8 Å².